The third-order valence-corrected chi connectivity index (χ3v) is 3.46. The SMILES string of the molecule is Cc1cnc(-c2ccccc2F)c2cc(C(=O)O)ccc12. The molecule has 0 unspecified atom stereocenters. The largest absolute Gasteiger partial charge is 0.478 e. The van der Waals surface area contributed by atoms with Crippen LogP contribution in [0.3, 0.4) is 0 Å². The molecule has 0 radical (unpaired) electrons. The third-order valence-electron chi connectivity index (χ3n) is 3.46. The van der Waals surface area contributed by atoms with Gasteiger partial charge in [-0.2, -0.15) is 0 Å². The van der Waals surface area contributed by atoms with Gasteiger partial charge in [-0.05, 0) is 42.1 Å². The first-order chi connectivity index (χ1) is 10.1. The number of carbonyl (C=O) groups is 1. The Kier molecular flexibility index (Phi) is 3.14. The molecule has 4 heteroatoms. The van der Waals surface area contributed by atoms with Crippen molar-refractivity contribution >= 4 is 16.7 Å². The highest BCUT2D eigenvalue weighted by Gasteiger charge is 2.13. The van der Waals surface area contributed by atoms with E-state index in [-0.39, 0.29) is 11.4 Å². The molecule has 0 amide bonds. The average Bonchev–Trinajstić information content (AvgIpc) is 2.48. The smallest absolute Gasteiger partial charge is 0.335 e. The van der Waals surface area contributed by atoms with Crippen molar-refractivity contribution in [2.45, 2.75) is 6.92 Å². The third kappa shape index (κ3) is 2.25. The first-order valence-electron chi connectivity index (χ1n) is 6.45. The minimum atomic E-state index is -1.02. The predicted octanol–water partition coefficient (Wildman–Crippen LogP) is 4.05. The van der Waals surface area contributed by atoms with Crippen molar-refractivity contribution in [3.63, 3.8) is 0 Å². The Balaban J connectivity index is 2.38. The number of hydrogen-bond donors (Lipinski definition) is 1. The Morgan fingerprint density at radius 1 is 1.14 bits per heavy atom. The van der Waals surface area contributed by atoms with Gasteiger partial charge in [-0.1, -0.05) is 18.2 Å². The Hall–Kier alpha value is -2.75. The molecule has 1 aromatic heterocycles. The molecule has 1 N–H and O–H groups in total. The lowest BCUT2D eigenvalue weighted by molar-refractivity contribution is 0.0697. The molecule has 3 nitrogen and oxygen atoms in total. The second kappa shape index (κ2) is 4.98. The zero-order valence-electron chi connectivity index (χ0n) is 11.3. The van der Waals surface area contributed by atoms with E-state index in [1.807, 2.05) is 6.92 Å². The summed E-state index contributed by atoms with van der Waals surface area (Å²) in [6, 6.07) is 11.2. The molecule has 0 fully saturated rings. The molecule has 0 bridgehead atoms. The standard InChI is InChI=1S/C17H12FNO2/c1-10-9-19-16(13-4-2-3-5-15(13)18)14-8-11(17(20)21)6-7-12(10)14/h2-9H,1H3,(H,20,21). The van der Waals surface area contributed by atoms with Crippen LogP contribution in [-0.4, -0.2) is 16.1 Å². The summed E-state index contributed by atoms with van der Waals surface area (Å²) in [5, 5.41) is 10.6. The molecule has 21 heavy (non-hydrogen) atoms. The Morgan fingerprint density at radius 3 is 2.62 bits per heavy atom. The molecule has 3 aromatic rings. The monoisotopic (exact) mass is 281 g/mol. The molecule has 0 saturated heterocycles. The average molecular weight is 281 g/mol. The number of nitrogens with zero attached hydrogens (tertiary/aromatic N) is 1. The number of aromatic carboxylic acids is 1. The van der Waals surface area contributed by atoms with Crippen LogP contribution in [0.1, 0.15) is 15.9 Å². The second-order valence-corrected chi connectivity index (χ2v) is 4.84. The second-order valence-electron chi connectivity index (χ2n) is 4.84. The van der Waals surface area contributed by atoms with E-state index in [9.17, 15) is 9.18 Å². The normalized spacial score (nSPS) is 10.8. The number of pyridine rings is 1. The molecular weight excluding hydrogens is 269 g/mol. The van der Waals surface area contributed by atoms with Crippen LogP contribution in [0.15, 0.2) is 48.7 Å². The van der Waals surface area contributed by atoms with Gasteiger partial charge in [0.2, 0.25) is 0 Å². The van der Waals surface area contributed by atoms with Crippen molar-refractivity contribution in [3.8, 4) is 11.3 Å². The molecule has 0 aliphatic heterocycles. The molecule has 2 aromatic carbocycles. The van der Waals surface area contributed by atoms with Gasteiger partial charge in [0.1, 0.15) is 5.82 Å². The minimum absolute atomic E-state index is 0.160. The van der Waals surface area contributed by atoms with Crippen LogP contribution < -0.4 is 0 Å². The summed E-state index contributed by atoms with van der Waals surface area (Å²) in [4.78, 5) is 15.5. The van der Waals surface area contributed by atoms with Crippen LogP contribution in [0, 0.1) is 12.7 Å². The summed E-state index contributed by atoms with van der Waals surface area (Å²) in [6.07, 6.45) is 1.67. The number of aromatic nitrogens is 1. The van der Waals surface area contributed by atoms with Gasteiger partial charge < -0.3 is 5.11 Å². The molecule has 0 spiro atoms. The van der Waals surface area contributed by atoms with Gasteiger partial charge >= 0.3 is 5.97 Å². The zero-order valence-corrected chi connectivity index (χ0v) is 11.3. The van der Waals surface area contributed by atoms with Gasteiger partial charge in [0.05, 0.1) is 11.3 Å². The number of fused-ring (bicyclic) bond motifs is 1. The van der Waals surface area contributed by atoms with E-state index in [0.717, 1.165) is 10.9 Å². The van der Waals surface area contributed by atoms with Crippen molar-refractivity contribution in [2.24, 2.45) is 0 Å². The van der Waals surface area contributed by atoms with Crippen LogP contribution in [0.5, 0.6) is 0 Å². The fourth-order valence-electron chi connectivity index (χ4n) is 2.39. The van der Waals surface area contributed by atoms with Crippen LogP contribution in [0.25, 0.3) is 22.0 Å². The van der Waals surface area contributed by atoms with E-state index in [2.05, 4.69) is 4.98 Å². The number of rotatable bonds is 2. The van der Waals surface area contributed by atoms with Crippen molar-refractivity contribution in [3.05, 3.63) is 65.6 Å². The van der Waals surface area contributed by atoms with Crippen molar-refractivity contribution < 1.29 is 14.3 Å². The van der Waals surface area contributed by atoms with Gasteiger partial charge in [0, 0.05) is 17.1 Å². The Morgan fingerprint density at radius 2 is 1.90 bits per heavy atom. The molecule has 1 heterocycles. The fraction of sp³-hybridized carbons (Fsp3) is 0.0588. The molecular formula is C17H12FNO2. The van der Waals surface area contributed by atoms with Gasteiger partial charge in [-0.15, -0.1) is 0 Å². The number of carboxylic acid groups (broad SMARTS) is 1. The first-order valence-corrected chi connectivity index (χ1v) is 6.45. The summed E-state index contributed by atoms with van der Waals surface area (Å²) < 4.78 is 14.0. The molecule has 0 saturated carbocycles. The molecule has 3 rings (SSSR count). The quantitative estimate of drug-likeness (QED) is 0.771. The van der Waals surface area contributed by atoms with Crippen LogP contribution in [0.2, 0.25) is 0 Å². The van der Waals surface area contributed by atoms with Gasteiger partial charge in [0.15, 0.2) is 0 Å². The lowest BCUT2D eigenvalue weighted by Crippen LogP contribution is -1.98. The Bertz CT molecular complexity index is 859. The maximum atomic E-state index is 14.0. The van der Waals surface area contributed by atoms with E-state index in [1.165, 1.54) is 6.07 Å². The number of benzene rings is 2. The van der Waals surface area contributed by atoms with E-state index < -0.39 is 5.97 Å². The molecule has 104 valence electrons. The van der Waals surface area contributed by atoms with Crippen LogP contribution >= 0.6 is 0 Å². The van der Waals surface area contributed by atoms with E-state index in [0.29, 0.717) is 16.6 Å². The lowest BCUT2D eigenvalue weighted by atomic mass is 9.99. The maximum absolute atomic E-state index is 14.0. The van der Waals surface area contributed by atoms with Crippen LogP contribution in [-0.2, 0) is 0 Å². The van der Waals surface area contributed by atoms with Gasteiger partial charge in [0.25, 0.3) is 0 Å². The number of aryl methyl sites for hydroxylation is 1. The van der Waals surface area contributed by atoms with Gasteiger partial charge in [-0.3, -0.25) is 4.98 Å². The fourth-order valence-corrected chi connectivity index (χ4v) is 2.39. The molecule has 0 aliphatic carbocycles. The number of hydrogen-bond acceptors (Lipinski definition) is 2. The number of halogens is 1. The van der Waals surface area contributed by atoms with Crippen molar-refractivity contribution in [1.29, 1.82) is 0 Å². The summed E-state index contributed by atoms with van der Waals surface area (Å²) >= 11 is 0. The minimum Gasteiger partial charge on any atom is -0.478 e. The Labute approximate surface area is 120 Å². The van der Waals surface area contributed by atoms with Crippen LogP contribution in [0.4, 0.5) is 4.39 Å². The molecule has 0 aliphatic rings. The van der Waals surface area contributed by atoms with E-state index in [4.69, 9.17) is 5.11 Å². The highest BCUT2D eigenvalue weighted by atomic mass is 19.1. The number of carboxylic acids is 1. The maximum Gasteiger partial charge on any atom is 0.335 e. The van der Waals surface area contributed by atoms with Crippen molar-refractivity contribution in [1.82, 2.24) is 4.98 Å². The zero-order chi connectivity index (χ0) is 15.0. The van der Waals surface area contributed by atoms with E-state index >= 15 is 0 Å². The molecule has 0 atom stereocenters. The summed E-state index contributed by atoms with van der Waals surface area (Å²) in [6.45, 7) is 1.89. The summed E-state index contributed by atoms with van der Waals surface area (Å²) in [7, 11) is 0. The highest BCUT2D eigenvalue weighted by Crippen LogP contribution is 2.30. The summed E-state index contributed by atoms with van der Waals surface area (Å²) in [5.41, 5.74) is 1.90. The summed E-state index contributed by atoms with van der Waals surface area (Å²) in [5.74, 6) is -1.39. The topological polar surface area (TPSA) is 50.2 Å². The van der Waals surface area contributed by atoms with Gasteiger partial charge in [-0.25, -0.2) is 9.18 Å². The highest BCUT2D eigenvalue weighted by molar-refractivity contribution is 6.01. The first kappa shape index (κ1) is 13.2. The predicted molar refractivity (Wildman–Crippen MR) is 78.8 cm³/mol. The van der Waals surface area contributed by atoms with E-state index in [1.54, 1.807) is 42.6 Å². The van der Waals surface area contributed by atoms with Crippen molar-refractivity contribution in [2.75, 3.05) is 0 Å². The lowest BCUT2D eigenvalue weighted by Gasteiger charge is -2.10.